The molecule has 0 aliphatic carbocycles. The maximum absolute atomic E-state index is 12.9. The van der Waals surface area contributed by atoms with Crippen LogP contribution in [-0.2, 0) is 4.74 Å². The molecule has 0 spiro atoms. The van der Waals surface area contributed by atoms with E-state index in [1.54, 1.807) is 20.8 Å². The largest absolute Gasteiger partial charge is 0.573 e. The molecule has 0 fully saturated rings. The number of H-pyrrole nitrogens is 1. The topological polar surface area (TPSA) is 117 Å². The zero-order chi connectivity index (χ0) is 24.0. The highest BCUT2D eigenvalue weighted by atomic mass is 19.4. The minimum absolute atomic E-state index is 0.0631. The zero-order valence-corrected chi connectivity index (χ0v) is 17.5. The van der Waals surface area contributed by atoms with E-state index < -0.39 is 29.4 Å². The first-order chi connectivity index (χ1) is 15.4. The Balaban J connectivity index is 1.76. The maximum Gasteiger partial charge on any atom is 0.573 e. The molecular formula is C20H17F3N6O4. The molecule has 0 saturated carbocycles. The summed E-state index contributed by atoms with van der Waals surface area (Å²) in [7, 11) is 0. The van der Waals surface area contributed by atoms with Crippen molar-refractivity contribution in [3.05, 3.63) is 53.2 Å². The second-order valence-corrected chi connectivity index (χ2v) is 7.95. The lowest BCUT2D eigenvalue weighted by Gasteiger charge is -2.18. The molecule has 0 amide bonds. The van der Waals surface area contributed by atoms with Gasteiger partial charge in [-0.3, -0.25) is 14.5 Å². The third-order valence-electron chi connectivity index (χ3n) is 4.32. The van der Waals surface area contributed by atoms with Gasteiger partial charge in [0.15, 0.2) is 5.52 Å². The Labute approximate surface area is 183 Å². The van der Waals surface area contributed by atoms with Gasteiger partial charge in [-0.1, -0.05) is 5.21 Å². The van der Waals surface area contributed by atoms with E-state index in [2.05, 4.69) is 25.2 Å². The average Bonchev–Trinajstić information content (AvgIpc) is 3.37. The van der Waals surface area contributed by atoms with Gasteiger partial charge in [-0.05, 0) is 45.0 Å². The highest BCUT2D eigenvalue weighted by Crippen LogP contribution is 2.27. The highest BCUT2D eigenvalue weighted by Gasteiger charge is 2.31. The summed E-state index contributed by atoms with van der Waals surface area (Å²) in [6.45, 7) is 5.15. The number of alkyl halides is 3. The van der Waals surface area contributed by atoms with Crippen LogP contribution in [0.15, 0.2) is 47.7 Å². The van der Waals surface area contributed by atoms with Crippen molar-refractivity contribution < 1.29 is 27.4 Å². The van der Waals surface area contributed by atoms with E-state index in [9.17, 15) is 22.8 Å². The number of halogens is 3. The average molecular weight is 462 g/mol. The van der Waals surface area contributed by atoms with E-state index in [4.69, 9.17) is 4.74 Å². The number of nitrogens with one attached hydrogen (secondary N) is 1. The molecule has 3 heterocycles. The van der Waals surface area contributed by atoms with Crippen LogP contribution in [-0.4, -0.2) is 47.8 Å². The summed E-state index contributed by atoms with van der Waals surface area (Å²) in [5.74, 6) is -0.428. The molecule has 0 atom stereocenters. The Hall–Kier alpha value is -4.16. The molecule has 0 bridgehead atoms. The van der Waals surface area contributed by atoms with E-state index in [0.29, 0.717) is 11.1 Å². The van der Waals surface area contributed by atoms with Crippen molar-refractivity contribution in [3.8, 4) is 22.6 Å². The summed E-state index contributed by atoms with van der Waals surface area (Å²) in [5.41, 5.74) is 0.159. The van der Waals surface area contributed by atoms with E-state index >= 15 is 0 Å². The van der Waals surface area contributed by atoms with Gasteiger partial charge in [0.05, 0.1) is 6.20 Å². The molecule has 4 aromatic rings. The van der Waals surface area contributed by atoms with Crippen LogP contribution in [0, 0.1) is 0 Å². The molecule has 0 saturated heterocycles. The number of aromatic nitrogens is 6. The van der Waals surface area contributed by atoms with Gasteiger partial charge in [0.25, 0.3) is 5.56 Å². The monoisotopic (exact) mass is 462 g/mol. The normalized spacial score (nSPS) is 12.2. The molecule has 0 aliphatic rings. The van der Waals surface area contributed by atoms with E-state index in [-0.39, 0.29) is 16.7 Å². The molecule has 0 aliphatic heterocycles. The van der Waals surface area contributed by atoms with Crippen molar-refractivity contribution >= 4 is 17.1 Å². The number of rotatable bonds is 3. The molecule has 1 aromatic carbocycles. The molecule has 13 heteroatoms. The number of hydrogen-bond donors (Lipinski definition) is 1. The predicted molar refractivity (Wildman–Crippen MR) is 109 cm³/mol. The van der Waals surface area contributed by atoms with Crippen molar-refractivity contribution in [2.45, 2.75) is 32.7 Å². The van der Waals surface area contributed by atoms with Crippen LogP contribution in [0.1, 0.15) is 20.8 Å². The first-order valence-electron chi connectivity index (χ1n) is 9.52. The summed E-state index contributed by atoms with van der Waals surface area (Å²) < 4.78 is 48.6. The second kappa shape index (κ2) is 7.76. The van der Waals surface area contributed by atoms with Gasteiger partial charge in [0.2, 0.25) is 0 Å². The molecule has 4 rings (SSSR count). The third kappa shape index (κ3) is 4.71. The lowest BCUT2D eigenvalue weighted by atomic mass is 10.1. The van der Waals surface area contributed by atoms with E-state index in [1.165, 1.54) is 35.3 Å². The van der Waals surface area contributed by atoms with Crippen LogP contribution in [0.2, 0.25) is 0 Å². The summed E-state index contributed by atoms with van der Waals surface area (Å²) >= 11 is 0. The first-order valence-corrected chi connectivity index (χ1v) is 9.52. The molecule has 33 heavy (non-hydrogen) atoms. The number of hydrogen-bond acceptors (Lipinski definition) is 7. The lowest BCUT2D eigenvalue weighted by molar-refractivity contribution is -0.274. The minimum atomic E-state index is -4.83. The number of nitrogens with zero attached hydrogens (tertiary/aromatic N) is 5. The third-order valence-corrected chi connectivity index (χ3v) is 4.32. The Kier molecular flexibility index (Phi) is 5.18. The smallest absolute Gasteiger partial charge is 0.442 e. The Morgan fingerprint density at radius 2 is 1.79 bits per heavy atom. The first kappa shape index (κ1) is 22.0. The quantitative estimate of drug-likeness (QED) is 0.494. The summed E-state index contributed by atoms with van der Waals surface area (Å²) in [4.78, 5) is 25.2. The van der Waals surface area contributed by atoms with Gasteiger partial charge >= 0.3 is 12.5 Å². The molecule has 0 radical (unpaired) electrons. The van der Waals surface area contributed by atoms with Crippen LogP contribution in [0.4, 0.5) is 18.0 Å². The van der Waals surface area contributed by atoms with Gasteiger partial charge < -0.3 is 9.47 Å². The molecule has 3 aromatic heterocycles. The SMILES string of the molecule is CC(C)(C)OC(=O)n1cc(-c2cn(-c3ccc(OC(F)(F)F)cc3)c(=O)c3[nH]nnc23)cn1. The number of pyridine rings is 1. The predicted octanol–water partition coefficient (Wildman–Crippen LogP) is 3.65. The Morgan fingerprint density at radius 3 is 2.42 bits per heavy atom. The van der Waals surface area contributed by atoms with Gasteiger partial charge in [-0.15, -0.1) is 18.3 Å². The van der Waals surface area contributed by atoms with Crippen molar-refractivity contribution in [3.63, 3.8) is 0 Å². The molecule has 172 valence electrons. The number of ether oxygens (including phenoxy) is 2. The Morgan fingerprint density at radius 1 is 1.09 bits per heavy atom. The number of aromatic amines is 1. The minimum Gasteiger partial charge on any atom is -0.442 e. The van der Waals surface area contributed by atoms with Crippen LogP contribution in [0.25, 0.3) is 27.8 Å². The summed E-state index contributed by atoms with van der Waals surface area (Å²) in [6, 6.07) is 4.77. The van der Waals surface area contributed by atoms with Crippen molar-refractivity contribution in [2.75, 3.05) is 0 Å². The molecule has 10 nitrogen and oxygen atoms in total. The zero-order valence-electron chi connectivity index (χ0n) is 17.5. The highest BCUT2D eigenvalue weighted by molar-refractivity contribution is 5.90. The number of benzene rings is 1. The number of fused-ring (bicyclic) bond motifs is 1. The fourth-order valence-electron chi connectivity index (χ4n) is 3.02. The van der Waals surface area contributed by atoms with Crippen LogP contribution in [0.3, 0.4) is 0 Å². The fourth-order valence-corrected chi connectivity index (χ4v) is 3.02. The van der Waals surface area contributed by atoms with Gasteiger partial charge in [-0.2, -0.15) is 9.78 Å². The van der Waals surface area contributed by atoms with Crippen LogP contribution < -0.4 is 10.3 Å². The Bertz CT molecular complexity index is 1380. The number of carbonyl (C=O) groups excluding carboxylic acids is 1. The second-order valence-electron chi connectivity index (χ2n) is 7.95. The lowest BCUT2D eigenvalue weighted by Crippen LogP contribution is -2.27. The van der Waals surface area contributed by atoms with Gasteiger partial charge in [-0.25, -0.2) is 4.79 Å². The summed E-state index contributed by atoms with van der Waals surface area (Å²) in [5, 5.41) is 14.2. The van der Waals surface area contributed by atoms with Gasteiger partial charge in [0, 0.05) is 29.2 Å². The summed E-state index contributed by atoms with van der Waals surface area (Å²) in [6.07, 6.45) is -1.29. The molecule has 0 unspecified atom stereocenters. The number of carbonyl (C=O) groups is 1. The maximum atomic E-state index is 12.9. The molecule has 1 N–H and O–H groups in total. The van der Waals surface area contributed by atoms with Crippen molar-refractivity contribution in [1.82, 2.24) is 29.8 Å². The van der Waals surface area contributed by atoms with Crippen molar-refractivity contribution in [2.24, 2.45) is 0 Å². The van der Waals surface area contributed by atoms with E-state index in [0.717, 1.165) is 16.8 Å². The fraction of sp³-hybridized carbons (Fsp3) is 0.250. The van der Waals surface area contributed by atoms with Crippen LogP contribution >= 0.6 is 0 Å². The van der Waals surface area contributed by atoms with Crippen LogP contribution in [0.5, 0.6) is 5.75 Å². The molecular weight excluding hydrogens is 445 g/mol. The van der Waals surface area contributed by atoms with Gasteiger partial charge in [0.1, 0.15) is 16.9 Å². The standard InChI is InChI=1S/C20H17F3N6O4/c1-19(2,3)33-18(31)29-9-11(8-24-29)14-10-28(17(30)16-15(14)25-27-26-16)12-4-6-13(7-5-12)32-20(21,22)23/h4-10H,1-3H3,(H,25,26,27). The van der Waals surface area contributed by atoms with E-state index in [1.807, 2.05) is 0 Å². The van der Waals surface area contributed by atoms with Crippen molar-refractivity contribution in [1.29, 1.82) is 0 Å².